The van der Waals surface area contributed by atoms with E-state index in [4.69, 9.17) is 9.15 Å². The van der Waals surface area contributed by atoms with Crippen LogP contribution in [0.4, 0.5) is 0 Å². The van der Waals surface area contributed by atoms with Gasteiger partial charge in [-0.15, -0.1) is 0 Å². The zero-order chi connectivity index (χ0) is 11.4. The Bertz CT molecular complexity index is 523. The lowest BCUT2D eigenvalue weighted by atomic mass is 10.1. The van der Waals surface area contributed by atoms with Crippen LogP contribution >= 0.6 is 0 Å². The smallest absolute Gasteiger partial charge is 0.330 e. The van der Waals surface area contributed by atoms with Gasteiger partial charge >= 0.3 is 5.97 Å². The SMILES string of the molecule is CCOC(=O)/C=C/c1ccc2ccoc2c1. The maximum atomic E-state index is 11.1. The van der Waals surface area contributed by atoms with Crippen molar-refractivity contribution in [2.45, 2.75) is 6.92 Å². The topological polar surface area (TPSA) is 39.4 Å². The molecule has 0 saturated carbocycles. The highest BCUT2D eigenvalue weighted by Gasteiger charge is 1.98. The van der Waals surface area contributed by atoms with Crippen LogP contribution in [-0.4, -0.2) is 12.6 Å². The molecule has 0 radical (unpaired) electrons. The summed E-state index contributed by atoms with van der Waals surface area (Å²) < 4.78 is 10.0. The lowest BCUT2D eigenvalue weighted by Crippen LogP contribution is -1.98. The number of esters is 1. The fourth-order valence-electron chi connectivity index (χ4n) is 1.43. The predicted molar refractivity (Wildman–Crippen MR) is 61.9 cm³/mol. The molecule has 0 saturated heterocycles. The Hall–Kier alpha value is -2.03. The number of ether oxygens (including phenoxy) is 1. The van der Waals surface area contributed by atoms with E-state index in [0.717, 1.165) is 16.5 Å². The Balaban J connectivity index is 2.17. The summed E-state index contributed by atoms with van der Waals surface area (Å²) in [5.41, 5.74) is 1.72. The molecule has 0 unspecified atom stereocenters. The Labute approximate surface area is 93.3 Å². The molecule has 1 aromatic carbocycles. The minimum absolute atomic E-state index is 0.331. The summed E-state index contributed by atoms with van der Waals surface area (Å²) in [6, 6.07) is 7.65. The zero-order valence-corrected chi connectivity index (χ0v) is 8.97. The van der Waals surface area contributed by atoms with E-state index in [1.807, 2.05) is 24.3 Å². The molecule has 1 heterocycles. The first-order valence-electron chi connectivity index (χ1n) is 5.11. The average molecular weight is 216 g/mol. The highest BCUT2D eigenvalue weighted by atomic mass is 16.5. The summed E-state index contributed by atoms with van der Waals surface area (Å²) >= 11 is 0. The molecule has 16 heavy (non-hydrogen) atoms. The van der Waals surface area contributed by atoms with Crippen LogP contribution in [0.1, 0.15) is 12.5 Å². The Morgan fingerprint density at radius 3 is 3.12 bits per heavy atom. The van der Waals surface area contributed by atoms with Crippen LogP contribution in [0.3, 0.4) is 0 Å². The molecule has 82 valence electrons. The first-order valence-corrected chi connectivity index (χ1v) is 5.11. The molecule has 0 amide bonds. The third kappa shape index (κ3) is 2.31. The second-order valence-electron chi connectivity index (χ2n) is 3.30. The number of rotatable bonds is 3. The Morgan fingerprint density at radius 2 is 2.31 bits per heavy atom. The van der Waals surface area contributed by atoms with E-state index in [-0.39, 0.29) is 5.97 Å². The lowest BCUT2D eigenvalue weighted by Gasteiger charge is -1.95. The van der Waals surface area contributed by atoms with E-state index in [1.54, 1.807) is 19.3 Å². The van der Waals surface area contributed by atoms with Gasteiger partial charge in [-0.1, -0.05) is 12.1 Å². The van der Waals surface area contributed by atoms with Gasteiger partial charge < -0.3 is 9.15 Å². The van der Waals surface area contributed by atoms with Gasteiger partial charge in [-0.3, -0.25) is 0 Å². The van der Waals surface area contributed by atoms with Gasteiger partial charge in [0.2, 0.25) is 0 Å². The summed E-state index contributed by atoms with van der Waals surface area (Å²) in [7, 11) is 0. The fourth-order valence-corrected chi connectivity index (χ4v) is 1.43. The molecular formula is C13H12O3. The number of carbonyl (C=O) groups is 1. The molecule has 3 nitrogen and oxygen atoms in total. The van der Waals surface area contributed by atoms with Crippen LogP contribution in [0.5, 0.6) is 0 Å². The third-order valence-electron chi connectivity index (χ3n) is 2.18. The average Bonchev–Trinajstić information content (AvgIpc) is 2.74. The number of hydrogen-bond acceptors (Lipinski definition) is 3. The minimum Gasteiger partial charge on any atom is -0.464 e. The van der Waals surface area contributed by atoms with Gasteiger partial charge in [0.15, 0.2) is 0 Å². The first-order chi connectivity index (χ1) is 7.79. The highest BCUT2D eigenvalue weighted by Crippen LogP contribution is 2.17. The van der Waals surface area contributed by atoms with Gasteiger partial charge in [-0.05, 0) is 30.7 Å². The van der Waals surface area contributed by atoms with Crippen molar-refractivity contribution in [3.63, 3.8) is 0 Å². The van der Waals surface area contributed by atoms with Crippen molar-refractivity contribution in [3.05, 3.63) is 42.2 Å². The van der Waals surface area contributed by atoms with E-state index < -0.39 is 0 Å². The highest BCUT2D eigenvalue weighted by molar-refractivity contribution is 5.88. The van der Waals surface area contributed by atoms with Gasteiger partial charge in [0, 0.05) is 11.5 Å². The normalized spacial score (nSPS) is 11.1. The Kier molecular flexibility index (Phi) is 3.05. The van der Waals surface area contributed by atoms with Gasteiger partial charge in [-0.2, -0.15) is 0 Å². The molecule has 0 aliphatic rings. The maximum Gasteiger partial charge on any atom is 0.330 e. The largest absolute Gasteiger partial charge is 0.464 e. The molecule has 3 heteroatoms. The number of benzene rings is 1. The van der Waals surface area contributed by atoms with Crippen LogP contribution in [0.25, 0.3) is 17.0 Å². The van der Waals surface area contributed by atoms with E-state index in [1.165, 1.54) is 6.08 Å². The molecule has 1 aromatic heterocycles. The standard InChI is InChI=1S/C13H12O3/c1-2-15-13(14)6-4-10-3-5-11-7-8-16-12(11)9-10/h3-9H,2H2,1H3/b6-4+. The van der Waals surface area contributed by atoms with Crippen LogP contribution < -0.4 is 0 Å². The molecular weight excluding hydrogens is 204 g/mol. The monoisotopic (exact) mass is 216 g/mol. The second-order valence-corrected chi connectivity index (χ2v) is 3.30. The van der Waals surface area contributed by atoms with E-state index >= 15 is 0 Å². The lowest BCUT2D eigenvalue weighted by molar-refractivity contribution is -0.137. The molecule has 0 N–H and O–H groups in total. The Morgan fingerprint density at radius 1 is 1.44 bits per heavy atom. The first kappa shape index (κ1) is 10.5. The van der Waals surface area contributed by atoms with Crippen LogP contribution in [0.2, 0.25) is 0 Å². The molecule has 0 aliphatic carbocycles. The van der Waals surface area contributed by atoms with Crippen LogP contribution in [0, 0.1) is 0 Å². The summed E-state index contributed by atoms with van der Waals surface area (Å²) in [6.07, 6.45) is 4.76. The summed E-state index contributed by atoms with van der Waals surface area (Å²) in [5.74, 6) is -0.331. The molecule has 2 aromatic rings. The summed E-state index contributed by atoms with van der Waals surface area (Å²) in [5, 5.41) is 1.05. The summed E-state index contributed by atoms with van der Waals surface area (Å²) in [6.45, 7) is 2.17. The van der Waals surface area contributed by atoms with Gasteiger partial charge in [-0.25, -0.2) is 4.79 Å². The van der Waals surface area contributed by atoms with Gasteiger partial charge in [0.05, 0.1) is 12.9 Å². The number of fused-ring (bicyclic) bond motifs is 1. The molecule has 0 fully saturated rings. The van der Waals surface area contributed by atoms with Crippen molar-refractivity contribution in [1.29, 1.82) is 0 Å². The molecule has 0 spiro atoms. The van der Waals surface area contributed by atoms with E-state index in [9.17, 15) is 4.79 Å². The minimum atomic E-state index is -0.331. The molecule has 2 rings (SSSR count). The van der Waals surface area contributed by atoms with E-state index in [2.05, 4.69) is 0 Å². The van der Waals surface area contributed by atoms with E-state index in [0.29, 0.717) is 6.61 Å². The van der Waals surface area contributed by atoms with Gasteiger partial charge in [0.25, 0.3) is 0 Å². The third-order valence-corrected chi connectivity index (χ3v) is 2.18. The predicted octanol–water partition coefficient (Wildman–Crippen LogP) is 3.01. The molecule has 0 atom stereocenters. The maximum absolute atomic E-state index is 11.1. The quantitative estimate of drug-likeness (QED) is 0.584. The van der Waals surface area contributed by atoms with Crippen molar-refractivity contribution < 1.29 is 13.9 Å². The van der Waals surface area contributed by atoms with Crippen molar-refractivity contribution in [2.24, 2.45) is 0 Å². The number of hydrogen-bond donors (Lipinski definition) is 0. The van der Waals surface area contributed by atoms with Crippen molar-refractivity contribution in [2.75, 3.05) is 6.61 Å². The fraction of sp³-hybridized carbons (Fsp3) is 0.154. The molecule has 0 bridgehead atoms. The summed E-state index contributed by atoms with van der Waals surface area (Å²) in [4.78, 5) is 11.1. The van der Waals surface area contributed by atoms with Crippen molar-refractivity contribution in [3.8, 4) is 0 Å². The second kappa shape index (κ2) is 4.66. The van der Waals surface area contributed by atoms with Crippen LogP contribution in [0.15, 0.2) is 41.0 Å². The zero-order valence-electron chi connectivity index (χ0n) is 8.97. The molecule has 0 aliphatic heterocycles. The van der Waals surface area contributed by atoms with Crippen molar-refractivity contribution in [1.82, 2.24) is 0 Å². The van der Waals surface area contributed by atoms with Gasteiger partial charge in [0.1, 0.15) is 5.58 Å². The van der Waals surface area contributed by atoms with Crippen LogP contribution in [-0.2, 0) is 9.53 Å². The van der Waals surface area contributed by atoms with Crippen molar-refractivity contribution >= 4 is 23.0 Å². The number of carbonyl (C=O) groups excluding carboxylic acids is 1. The number of furan rings is 1.